The molecule has 0 aromatic carbocycles. The summed E-state index contributed by atoms with van der Waals surface area (Å²) in [7, 11) is 2.89. The van der Waals surface area contributed by atoms with Crippen molar-refractivity contribution in [2.45, 2.75) is 32.2 Å². The molecular weight excluding hydrogens is 238 g/mol. The Labute approximate surface area is 107 Å². The van der Waals surface area contributed by atoms with Crippen molar-refractivity contribution in [3.63, 3.8) is 0 Å². The van der Waals surface area contributed by atoms with E-state index >= 15 is 0 Å². The number of rotatable bonds is 6. The first-order valence-electron chi connectivity index (χ1n) is 5.74. The fourth-order valence-corrected chi connectivity index (χ4v) is 1.42. The molecule has 104 valence electrons. The minimum absolute atomic E-state index is 0.121. The molecule has 0 aromatic heterocycles. The Morgan fingerprint density at radius 1 is 1.33 bits per heavy atom. The highest BCUT2D eigenvalue weighted by atomic mass is 16.4. The van der Waals surface area contributed by atoms with Gasteiger partial charge in [0.05, 0.1) is 0 Å². The third kappa shape index (κ3) is 4.60. The van der Waals surface area contributed by atoms with Gasteiger partial charge in [0.2, 0.25) is 5.91 Å². The van der Waals surface area contributed by atoms with Gasteiger partial charge in [-0.2, -0.15) is 0 Å². The Bertz CT molecular complexity index is 332. The second-order valence-electron chi connectivity index (χ2n) is 4.35. The van der Waals surface area contributed by atoms with Gasteiger partial charge in [-0.3, -0.25) is 4.79 Å². The summed E-state index contributed by atoms with van der Waals surface area (Å²) in [5.41, 5.74) is -1.32. The molecule has 0 spiro atoms. The molecule has 3 amide bonds. The zero-order valence-electron chi connectivity index (χ0n) is 11.2. The average Bonchev–Trinajstić information content (AvgIpc) is 2.28. The van der Waals surface area contributed by atoms with E-state index in [0.29, 0.717) is 12.8 Å². The van der Waals surface area contributed by atoms with Gasteiger partial charge in [0.15, 0.2) is 0 Å². The van der Waals surface area contributed by atoms with E-state index in [-0.39, 0.29) is 12.5 Å². The van der Waals surface area contributed by atoms with E-state index in [0.717, 1.165) is 4.90 Å². The minimum Gasteiger partial charge on any atom is -0.480 e. The molecule has 7 nitrogen and oxygen atoms in total. The number of hydrogen-bond donors (Lipinski definition) is 3. The molecule has 0 rings (SSSR count). The van der Waals surface area contributed by atoms with Crippen molar-refractivity contribution in [2.24, 2.45) is 0 Å². The van der Waals surface area contributed by atoms with Gasteiger partial charge in [0.1, 0.15) is 12.1 Å². The van der Waals surface area contributed by atoms with E-state index in [1.807, 2.05) is 6.92 Å². The number of urea groups is 1. The zero-order valence-corrected chi connectivity index (χ0v) is 11.2. The molecule has 18 heavy (non-hydrogen) atoms. The normalized spacial score (nSPS) is 13.3. The van der Waals surface area contributed by atoms with Gasteiger partial charge in [0, 0.05) is 14.1 Å². The standard InChI is InChI=1S/C11H21N3O4/c1-5-6-11(2,9(16)17)13-10(18)14(4)7-8(15)12-3/h5-7H2,1-4H3,(H,12,15)(H,13,18)(H,16,17). The van der Waals surface area contributed by atoms with Crippen LogP contribution in [0.25, 0.3) is 0 Å². The molecule has 1 atom stereocenters. The second-order valence-corrected chi connectivity index (χ2v) is 4.35. The third-order valence-corrected chi connectivity index (χ3v) is 2.61. The van der Waals surface area contributed by atoms with Crippen LogP contribution in [0.5, 0.6) is 0 Å². The van der Waals surface area contributed by atoms with Crippen molar-refractivity contribution < 1.29 is 19.5 Å². The maximum absolute atomic E-state index is 11.8. The van der Waals surface area contributed by atoms with E-state index in [1.54, 1.807) is 0 Å². The highest BCUT2D eigenvalue weighted by Crippen LogP contribution is 2.12. The number of nitrogens with one attached hydrogen (secondary N) is 2. The Balaban J connectivity index is 4.60. The maximum atomic E-state index is 11.8. The van der Waals surface area contributed by atoms with Gasteiger partial charge in [-0.1, -0.05) is 13.3 Å². The van der Waals surface area contributed by atoms with Gasteiger partial charge in [-0.25, -0.2) is 9.59 Å². The van der Waals surface area contributed by atoms with Crippen molar-refractivity contribution >= 4 is 17.9 Å². The van der Waals surface area contributed by atoms with Gasteiger partial charge in [-0.15, -0.1) is 0 Å². The highest BCUT2D eigenvalue weighted by Gasteiger charge is 2.34. The fraction of sp³-hybridized carbons (Fsp3) is 0.727. The van der Waals surface area contributed by atoms with Crippen LogP contribution in [0.2, 0.25) is 0 Å². The van der Waals surface area contributed by atoms with Crippen LogP contribution < -0.4 is 10.6 Å². The quantitative estimate of drug-likeness (QED) is 0.626. The van der Waals surface area contributed by atoms with Gasteiger partial charge >= 0.3 is 12.0 Å². The number of aliphatic carboxylic acids is 1. The first kappa shape index (κ1) is 16.2. The second kappa shape index (κ2) is 6.83. The number of carboxylic acids is 1. The molecule has 7 heteroatoms. The van der Waals surface area contributed by atoms with Crippen LogP contribution in [0.1, 0.15) is 26.7 Å². The number of amides is 3. The summed E-state index contributed by atoms with van der Waals surface area (Å²) in [5.74, 6) is -1.41. The average molecular weight is 259 g/mol. The molecule has 0 heterocycles. The Hall–Kier alpha value is -1.79. The predicted molar refractivity (Wildman–Crippen MR) is 66.2 cm³/mol. The van der Waals surface area contributed by atoms with E-state index < -0.39 is 17.5 Å². The van der Waals surface area contributed by atoms with E-state index in [9.17, 15) is 14.4 Å². The van der Waals surface area contributed by atoms with E-state index in [1.165, 1.54) is 21.0 Å². The number of carbonyl (C=O) groups excluding carboxylic acids is 2. The smallest absolute Gasteiger partial charge is 0.329 e. The number of carboxylic acid groups (broad SMARTS) is 1. The van der Waals surface area contributed by atoms with Crippen LogP contribution in [0, 0.1) is 0 Å². The van der Waals surface area contributed by atoms with Crippen molar-refractivity contribution in [3.05, 3.63) is 0 Å². The van der Waals surface area contributed by atoms with Crippen LogP contribution >= 0.6 is 0 Å². The number of carbonyl (C=O) groups is 3. The monoisotopic (exact) mass is 259 g/mol. The van der Waals surface area contributed by atoms with Crippen LogP contribution in [0.15, 0.2) is 0 Å². The lowest BCUT2D eigenvalue weighted by molar-refractivity contribution is -0.144. The lowest BCUT2D eigenvalue weighted by Crippen LogP contribution is -2.56. The summed E-state index contributed by atoms with van der Waals surface area (Å²) < 4.78 is 0. The van der Waals surface area contributed by atoms with Crippen molar-refractivity contribution in [2.75, 3.05) is 20.6 Å². The molecule has 0 aliphatic rings. The Morgan fingerprint density at radius 3 is 2.28 bits per heavy atom. The van der Waals surface area contributed by atoms with Crippen molar-refractivity contribution in [3.8, 4) is 0 Å². The summed E-state index contributed by atoms with van der Waals surface area (Å²) in [6.45, 7) is 3.16. The predicted octanol–water partition coefficient (Wildman–Crippen LogP) is 0.0172. The molecular formula is C11H21N3O4. The summed E-state index contributed by atoms with van der Waals surface area (Å²) in [6, 6.07) is -0.586. The lowest BCUT2D eigenvalue weighted by Gasteiger charge is -2.28. The first-order valence-corrected chi connectivity index (χ1v) is 5.74. The summed E-state index contributed by atoms with van der Waals surface area (Å²) >= 11 is 0. The van der Waals surface area contributed by atoms with Gasteiger partial charge in [0.25, 0.3) is 0 Å². The van der Waals surface area contributed by atoms with Crippen molar-refractivity contribution in [1.29, 1.82) is 0 Å². The highest BCUT2D eigenvalue weighted by molar-refractivity contribution is 5.88. The Kier molecular flexibility index (Phi) is 6.15. The van der Waals surface area contributed by atoms with E-state index in [4.69, 9.17) is 5.11 Å². The summed E-state index contributed by atoms with van der Waals surface area (Å²) in [6.07, 6.45) is 0.949. The third-order valence-electron chi connectivity index (χ3n) is 2.61. The molecule has 0 saturated heterocycles. The number of nitrogens with zero attached hydrogens (tertiary/aromatic N) is 1. The molecule has 1 unspecified atom stereocenters. The van der Waals surface area contributed by atoms with Crippen LogP contribution in [-0.2, 0) is 9.59 Å². The molecule has 0 aliphatic heterocycles. The van der Waals surface area contributed by atoms with E-state index in [2.05, 4.69) is 10.6 Å². The number of hydrogen-bond acceptors (Lipinski definition) is 3. The largest absolute Gasteiger partial charge is 0.480 e. The van der Waals surface area contributed by atoms with Crippen LogP contribution in [0.4, 0.5) is 4.79 Å². The lowest BCUT2D eigenvalue weighted by atomic mass is 9.96. The zero-order chi connectivity index (χ0) is 14.3. The molecule has 0 aromatic rings. The first-order chi connectivity index (χ1) is 8.26. The van der Waals surface area contributed by atoms with Gasteiger partial charge in [-0.05, 0) is 13.3 Å². The molecule has 0 saturated carbocycles. The van der Waals surface area contributed by atoms with Crippen LogP contribution in [-0.4, -0.2) is 54.1 Å². The molecule has 0 fully saturated rings. The molecule has 0 aliphatic carbocycles. The molecule has 0 radical (unpaired) electrons. The topological polar surface area (TPSA) is 98.7 Å². The minimum atomic E-state index is -1.32. The Morgan fingerprint density at radius 2 is 1.89 bits per heavy atom. The summed E-state index contributed by atoms with van der Waals surface area (Å²) in [4.78, 5) is 35.1. The van der Waals surface area contributed by atoms with Gasteiger partial charge < -0.3 is 20.6 Å². The van der Waals surface area contributed by atoms with Crippen molar-refractivity contribution in [1.82, 2.24) is 15.5 Å². The fourth-order valence-electron chi connectivity index (χ4n) is 1.42. The number of likely N-dealkylation sites (N-methyl/N-ethyl adjacent to an activating group) is 2. The molecule has 0 bridgehead atoms. The SMILES string of the molecule is CCCC(C)(NC(=O)N(C)CC(=O)NC)C(=O)O. The summed E-state index contributed by atoms with van der Waals surface area (Å²) in [5, 5.41) is 13.9. The maximum Gasteiger partial charge on any atom is 0.329 e. The molecule has 3 N–H and O–H groups in total. The van der Waals surface area contributed by atoms with Crippen LogP contribution in [0.3, 0.4) is 0 Å².